The predicted octanol–water partition coefficient (Wildman–Crippen LogP) is 3.58. The van der Waals surface area contributed by atoms with Gasteiger partial charge in [-0.15, -0.1) is 0 Å². The van der Waals surface area contributed by atoms with E-state index < -0.39 is 17.8 Å². The zero-order valence-electron chi connectivity index (χ0n) is 23.4. The highest BCUT2D eigenvalue weighted by atomic mass is 19.1. The van der Waals surface area contributed by atoms with Crippen LogP contribution in [0, 0.1) is 5.82 Å². The summed E-state index contributed by atoms with van der Waals surface area (Å²) in [5, 5.41) is 6.62. The SMILES string of the molecule is C[C@H](NC(=O)c1ccco1)C(=O)N1CCCN(CCCOc2ccc(-c3noc(Cc4cccnc4)n3)c(F)c2)CC1. The first-order chi connectivity index (χ1) is 20.5. The molecule has 5 rings (SSSR count). The maximum absolute atomic E-state index is 14.8. The van der Waals surface area contributed by atoms with Crippen LogP contribution >= 0.6 is 0 Å². The number of hydrogen-bond acceptors (Lipinski definition) is 9. The zero-order valence-corrected chi connectivity index (χ0v) is 23.4. The predicted molar refractivity (Wildman–Crippen MR) is 150 cm³/mol. The van der Waals surface area contributed by atoms with Gasteiger partial charge >= 0.3 is 0 Å². The summed E-state index contributed by atoms with van der Waals surface area (Å²) in [6, 6.07) is 10.9. The number of amides is 2. The lowest BCUT2D eigenvalue weighted by atomic mass is 10.2. The minimum atomic E-state index is -0.650. The maximum atomic E-state index is 14.8. The van der Waals surface area contributed by atoms with E-state index in [9.17, 15) is 14.0 Å². The topological polar surface area (TPSA) is 127 Å². The van der Waals surface area contributed by atoms with E-state index in [0.717, 1.165) is 38.0 Å². The zero-order chi connectivity index (χ0) is 29.3. The number of benzene rings is 1. The van der Waals surface area contributed by atoms with E-state index in [0.29, 0.717) is 37.8 Å². The molecule has 0 bridgehead atoms. The third kappa shape index (κ3) is 7.58. The Morgan fingerprint density at radius 3 is 2.83 bits per heavy atom. The van der Waals surface area contributed by atoms with Crippen molar-refractivity contribution in [3.8, 4) is 17.1 Å². The van der Waals surface area contributed by atoms with Gasteiger partial charge < -0.3 is 28.8 Å². The summed E-state index contributed by atoms with van der Waals surface area (Å²) in [5.74, 6) is 0.145. The Bertz CT molecular complexity index is 1460. The number of nitrogens with one attached hydrogen (secondary N) is 1. The van der Waals surface area contributed by atoms with Gasteiger partial charge in [0.2, 0.25) is 17.6 Å². The van der Waals surface area contributed by atoms with Crippen LogP contribution in [0.2, 0.25) is 0 Å². The summed E-state index contributed by atoms with van der Waals surface area (Å²) >= 11 is 0. The third-order valence-electron chi connectivity index (χ3n) is 6.98. The quantitative estimate of drug-likeness (QED) is 0.267. The molecule has 0 aliphatic carbocycles. The summed E-state index contributed by atoms with van der Waals surface area (Å²) < 4.78 is 31.0. The third-order valence-corrected chi connectivity index (χ3v) is 6.98. The summed E-state index contributed by atoms with van der Waals surface area (Å²) in [5.41, 5.74) is 1.16. The van der Waals surface area contributed by atoms with Gasteiger partial charge in [0, 0.05) is 44.6 Å². The molecule has 3 aromatic heterocycles. The van der Waals surface area contributed by atoms with Gasteiger partial charge in [-0.05, 0) is 62.2 Å². The number of nitrogens with zero attached hydrogens (tertiary/aromatic N) is 5. The van der Waals surface area contributed by atoms with Crippen molar-refractivity contribution in [2.24, 2.45) is 0 Å². The number of rotatable bonds is 11. The molecule has 4 heterocycles. The van der Waals surface area contributed by atoms with Crippen LogP contribution in [0.5, 0.6) is 5.75 Å². The van der Waals surface area contributed by atoms with Crippen LogP contribution in [-0.4, -0.2) is 82.1 Å². The molecule has 0 spiro atoms. The van der Waals surface area contributed by atoms with Crippen molar-refractivity contribution >= 4 is 11.8 Å². The van der Waals surface area contributed by atoms with Crippen LogP contribution < -0.4 is 10.1 Å². The smallest absolute Gasteiger partial charge is 0.287 e. The normalized spacial score (nSPS) is 14.8. The Labute approximate surface area is 242 Å². The number of pyridine rings is 1. The molecule has 42 heavy (non-hydrogen) atoms. The van der Waals surface area contributed by atoms with Crippen LogP contribution in [0.4, 0.5) is 4.39 Å². The molecule has 1 aliphatic heterocycles. The van der Waals surface area contributed by atoms with E-state index in [1.807, 2.05) is 12.1 Å². The number of furan rings is 1. The van der Waals surface area contributed by atoms with Crippen molar-refractivity contribution in [3.63, 3.8) is 0 Å². The van der Waals surface area contributed by atoms with Crippen molar-refractivity contribution in [2.45, 2.75) is 32.2 Å². The minimum Gasteiger partial charge on any atom is -0.493 e. The highest BCUT2D eigenvalue weighted by Gasteiger charge is 2.25. The van der Waals surface area contributed by atoms with Crippen LogP contribution in [0.1, 0.15) is 41.8 Å². The number of ether oxygens (including phenoxy) is 1. The maximum Gasteiger partial charge on any atom is 0.287 e. The van der Waals surface area contributed by atoms with Gasteiger partial charge in [0.1, 0.15) is 17.6 Å². The molecule has 1 fully saturated rings. The Kier molecular flexibility index (Phi) is 9.55. The van der Waals surface area contributed by atoms with E-state index in [1.54, 1.807) is 48.5 Å². The second-order valence-electron chi connectivity index (χ2n) is 10.1. The molecule has 0 unspecified atom stereocenters. The number of hydrogen-bond donors (Lipinski definition) is 1. The van der Waals surface area contributed by atoms with Crippen molar-refractivity contribution in [1.82, 2.24) is 30.2 Å². The lowest BCUT2D eigenvalue weighted by Crippen LogP contribution is -2.48. The van der Waals surface area contributed by atoms with Crippen molar-refractivity contribution < 1.29 is 27.7 Å². The fourth-order valence-corrected chi connectivity index (χ4v) is 4.78. The van der Waals surface area contributed by atoms with Crippen molar-refractivity contribution in [1.29, 1.82) is 0 Å². The van der Waals surface area contributed by atoms with Gasteiger partial charge in [0.05, 0.1) is 24.9 Å². The number of halogens is 1. The molecule has 2 amide bonds. The second kappa shape index (κ2) is 13.9. The fraction of sp³-hybridized carbons (Fsp3) is 0.367. The molecule has 1 atom stereocenters. The van der Waals surface area contributed by atoms with Crippen LogP contribution in [0.15, 0.2) is 70.1 Å². The molecule has 1 N–H and O–H groups in total. The number of aromatic nitrogens is 3. The highest BCUT2D eigenvalue weighted by molar-refractivity contribution is 5.95. The van der Waals surface area contributed by atoms with Crippen molar-refractivity contribution in [3.05, 3.63) is 84.2 Å². The van der Waals surface area contributed by atoms with E-state index in [-0.39, 0.29) is 23.1 Å². The molecule has 12 heteroatoms. The first-order valence-electron chi connectivity index (χ1n) is 14.0. The van der Waals surface area contributed by atoms with Gasteiger partial charge in [-0.3, -0.25) is 14.6 Å². The lowest BCUT2D eigenvalue weighted by molar-refractivity contribution is -0.132. The highest BCUT2D eigenvalue weighted by Crippen LogP contribution is 2.25. The summed E-state index contributed by atoms with van der Waals surface area (Å²) in [4.78, 5) is 37.5. The number of carbonyl (C=O) groups excluding carboxylic acids is 2. The summed E-state index contributed by atoms with van der Waals surface area (Å²) in [6.45, 7) is 5.68. The molecule has 11 nitrogen and oxygen atoms in total. The molecule has 1 saturated heterocycles. The van der Waals surface area contributed by atoms with Crippen LogP contribution in [0.3, 0.4) is 0 Å². The Balaban J connectivity index is 1.04. The van der Waals surface area contributed by atoms with E-state index in [1.165, 1.54) is 12.3 Å². The van der Waals surface area contributed by atoms with E-state index >= 15 is 0 Å². The molecular formula is C30H33FN6O5. The van der Waals surface area contributed by atoms with Crippen molar-refractivity contribution in [2.75, 3.05) is 39.3 Å². The number of carbonyl (C=O) groups is 2. The second-order valence-corrected chi connectivity index (χ2v) is 10.1. The molecule has 220 valence electrons. The first kappa shape index (κ1) is 28.9. The van der Waals surface area contributed by atoms with E-state index in [2.05, 4.69) is 25.3 Å². The fourth-order valence-electron chi connectivity index (χ4n) is 4.78. The first-order valence-corrected chi connectivity index (χ1v) is 14.0. The van der Waals surface area contributed by atoms with Gasteiger partial charge in [-0.25, -0.2) is 4.39 Å². The lowest BCUT2D eigenvalue weighted by Gasteiger charge is -2.25. The summed E-state index contributed by atoms with van der Waals surface area (Å²) in [7, 11) is 0. The summed E-state index contributed by atoms with van der Waals surface area (Å²) in [6.07, 6.45) is 6.81. The van der Waals surface area contributed by atoms with Gasteiger partial charge in [-0.2, -0.15) is 4.98 Å². The molecule has 4 aromatic rings. The molecule has 1 aliphatic rings. The van der Waals surface area contributed by atoms with Crippen LogP contribution in [0.25, 0.3) is 11.4 Å². The average Bonchev–Trinajstić information content (AvgIpc) is 3.64. The molecular weight excluding hydrogens is 543 g/mol. The van der Waals surface area contributed by atoms with Gasteiger partial charge in [-0.1, -0.05) is 11.2 Å². The molecule has 0 radical (unpaired) electrons. The monoisotopic (exact) mass is 576 g/mol. The van der Waals surface area contributed by atoms with Crippen LogP contribution in [-0.2, 0) is 11.2 Å². The Morgan fingerprint density at radius 2 is 2.05 bits per heavy atom. The Morgan fingerprint density at radius 1 is 1.14 bits per heavy atom. The standard InChI is InChI=1S/C30H33FN6O5/c1-21(33-29(38)26-7-3-16-41-26)30(39)37-13-4-11-36(14-15-37)12-5-17-40-23-8-9-24(25(31)19-23)28-34-27(42-35-28)18-22-6-2-10-32-20-22/h2-3,6-10,16,19-21H,4-5,11-15,17-18H2,1H3,(H,33,38)/t21-/m0/s1. The van der Waals surface area contributed by atoms with Gasteiger partial charge in [0.15, 0.2) is 5.76 Å². The average molecular weight is 577 g/mol. The van der Waals surface area contributed by atoms with E-state index in [4.69, 9.17) is 13.7 Å². The largest absolute Gasteiger partial charge is 0.493 e. The molecule has 0 saturated carbocycles. The Hall–Kier alpha value is -4.58. The minimum absolute atomic E-state index is 0.115. The van der Waals surface area contributed by atoms with Gasteiger partial charge in [0.25, 0.3) is 5.91 Å². The molecule has 1 aromatic carbocycles.